The number of imidazole rings is 1. The van der Waals surface area contributed by atoms with Crippen molar-refractivity contribution in [1.29, 1.82) is 0 Å². The van der Waals surface area contributed by atoms with Gasteiger partial charge in [0.15, 0.2) is 0 Å². The highest BCUT2D eigenvalue weighted by Gasteiger charge is 2.33. The molecule has 1 aliphatic heterocycles. The topological polar surface area (TPSA) is 67.2 Å². The molecular formula is C18H22N4O2. The van der Waals surface area contributed by atoms with Crippen LogP contribution in [0, 0.1) is 5.92 Å². The molecule has 6 nitrogen and oxygen atoms in total. The fraction of sp³-hybridized carbons (Fsp3) is 0.389. The van der Waals surface area contributed by atoms with Crippen molar-refractivity contribution in [2.75, 3.05) is 19.6 Å². The van der Waals surface area contributed by atoms with Crippen molar-refractivity contribution in [3.05, 3.63) is 54.6 Å². The first-order valence-electron chi connectivity index (χ1n) is 8.27. The van der Waals surface area contributed by atoms with E-state index in [2.05, 4.69) is 22.4 Å². The SMILES string of the molecule is O=C(NCCn1ccnc1)C1CC(=O)N(CCc2ccccc2)C1. The molecule has 0 radical (unpaired) electrons. The molecular weight excluding hydrogens is 304 g/mol. The Morgan fingerprint density at radius 2 is 2.08 bits per heavy atom. The van der Waals surface area contributed by atoms with Gasteiger partial charge in [0.1, 0.15) is 0 Å². The lowest BCUT2D eigenvalue weighted by molar-refractivity contribution is -0.129. The molecule has 2 heterocycles. The molecule has 2 amide bonds. The molecule has 24 heavy (non-hydrogen) atoms. The second-order valence-electron chi connectivity index (χ2n) is 6.07. The number of hydrogen-bond donors (Lipinski definition) is 1. The number of hydrogen-bond acceptors (Lipinski definition) is 3. The van der Waals surface area contributed by atoms with E-state index in [1.54, 1.807) is 17.4 Å². The van der Waals surface area contributed by atoms with Gasteiger partial charge in [-0.25, -0.2) is 4.98 Å². The summed E-state index contributed by atoms with van der Waals surface area (Å²) in [6.07, 6.45) is 6.42. The number of rotatable bonds is 7. The van der Waals surface area contributed by atoms with Crippen LogP contribution in [-0.2, 0) is 22.6 Å². The standard InChI is InChI=1S/C18H22N4O2/c23-17-12-16(18(24)20-8-11-21-10-7-19-14-21)13-22(17)9-6-15-4-2-1-3-5-15/h1-5,7,10,14,16H,6,8-9,11-13H2,(H,20,24). The number of nitrogens with zero attached hydrogens (tertiary/aromatic N) is 3. The highest BCUT2D eigenvalue weighted by molar-refractivity contribution is 5.89. The molecule has 1 aromatic heterocycles. The van der Waals surface area contributed by atoms with Crippen molar-refractivity contribution in [1.82, 2.24) is 19.8 Å². The monoisotopic (exact) mass is 326 g/mol. The minimum Gasteiger partial charge on any atom is -0.354 e. The highest BCUT2D eigenvalue weighted by Crippen LogP contribution is 2.18. The van der Waals surface area contributed by atoms with Gasteiger partial charge in [0.25, 0.3) is 0 Å². The van der Waals surface area contributed by atoms with Gasteiger partial charge >= 0.3 is 0 Å². The van der Waals surface area contributed by atoms with Crippen LogP contribution in [0.3, 0.4) is 0 Å². The van der Waals surface area contributed by atoms with E-state index in [1.165, 1.54) is 5.56 Å². The molecule has 3 rings (SSSR count). The Morgan fingerprint density at radius 1 is 1.25 bits per heavy atom. The molecule has 1 aliphatic rings. The number of carbonyl (C=O) groups excluding carboxylic acids is 2. The first-order chi connectivity index (χ1) is 11.7. The lowest BCUT2D eigenvalue weighted by Gasteiger charge is -2.16. The van der Waals surface area contributed by atoms with E-state index in [4.69, 9.17) is 0 Å². The Labute approximate surface area is 141 Å². The molecule has 126 valence electrons. The maximum Gasteiger partial charge on any atom is 0.225 e. The lowest BCUT2D eigenvalue weighted by Crippen LogP contribution is -2.35. The predicted octanol–water partition coefficient (Wildman–Crippen LogP) is 1.09. The van der Waals surface area contributed by atoms with Crippen LogP contribution in [0.4, 0.5) is 0 Å². The molecule has 0 bridgehead atoms. The molecule has 0 spiro atoms. The van der Waals surface area contributed by atoms with Crippen molar-refractivity contribution in [3.63, 3.8) is 0 Å². The van der Waals surface area contributed by atoms with Gasteiger partial charge in [-0.15, -0.1) is 0 Å². The Morgan fingerprint density at radius 3 is 2.83 bits per heavy atom. The zero-order chi connectivity index (χ0) is 16.8. The first-order valence-corrected chi connectivity index (χ1v) is 8.27. The van der Waals surface area contributed by atoms with Crippen LogP contribution >= 0.6 is 0 Å². The first kappa shape index (κ1) is 16.2. The number of aromatic nitrogens is 2. The van der Waals surface area contributed by atoms with Gasteiger partial charge in [-0.3, -0.25) is 9.59 Å². The van der Waals surface area contributed by atoms with E-state index in [-0.39, 0.29) is 17.7 Å². The molecule has 6 heteroatoms. The van der Waals surface area contributed by atoms with Crippen LogP contribution in [0.25, 0.3) is 0 Å². The van der Waals surface area contributed by atoms with E-state index >= 15 is 0 Å². The number of amides is 2. The van der Waals surface area contributed by atoms with E-state index in [0.29, 0.717) is 32.6 Å². The fourth-order valence-corrected chi connectivity index (χ4v) is 2.94. The third kappa shape index (κ3) is 4.22. The molecule has 1 saturated heterocycles. The van der Waals surface area contributed by atoms with Crippen molar-refractivity contribution in [2.24, 2.45) is 5.92 Å². The molecule has 2 aromatic rings. The normalized spacial score (nSPS) is 17.2. The van der Waals surface area contributed by atoms with Gasteiger partial charge in [-0.05, 0) is 12.0 Å². The molecule has 0 aliphatic carbocycles. The van der Waals surface area contributed by atoms with Gasteiger partial charge in [0.2, 0.25) is 11.8 Å². The van der Waals surface area contributed by atoms with Gasteiger partial charge < -0.3 is 14.8 Å². The van der Waals surface area contributed by atoms with Gasteiger partial charge in [0.05, 0.1) is 12.2 Å². The molecule has 1 aromatic carbocycles. The largest absolute Gasteiger partial charge is 0.354 e. The Hall–Kier alpha value is -2.63. The summed E-state index contributed by atoms with van der Waals surface area (Å²) in [4.78, 5) is 30.1. The molecule has 1 N–H and O–H groups in total. The van der Waals surface area contributed by atoms with Crippen LogP contribution in [0.15, 0.2) is 49.1 Å². The average Bonchev–Trinajstić information content (AvgIpc) is 3.24. The van der Waals surface area contributed by atoms with Gasteiger partial charge in [0, 0.05) is 45.0 Å². The predicted molar refractivity (Wildman–Crippen MR) is 90.1 cm³/mol. The smallest absolute Gasteiger partial charge is 0.225 e. The van der Waals surface area contributed by atoms with Crippen LogP contribution in [0.1, 0.15) is 12.0 Å². The van der Waals surface area contributed by atoms with Gasteiger partial charge in [-0.1, -0.05) is 30.3 Å². The second-order valence-corrected chi connectivity index (χ2v) is 6.07. The van der Waals surface area contributed by atoms with Crippen molar-refractivity contribution in [3.8, 4) is 0 Å². The zero-order valence-corrected chi connectivity index (χ0v) is 13.6. The Kier molecular flexibility index (Phi) is 5.25. The minimum atomic E-state index is -0.240. The third-order valence-corrected chi connectivity index (χ3v) is 4.33. The number of likely N-dealkylation sites (tertiary alicyclic amines) is 1. The maximum atomic E-state index is 12.2. The summed E-state index contributed by atoms with van der Waals surface area (Å²) >= 11 is 0. The quantitative estimate of drug-likeness (QED) is 0.828. The summed E-state index contributed by atoms with van der Waals surface area (Å²) in [5, 5.41) is 2.91. The summed E-state index contributed by atoms with van der Waals surface area (Å²) in [6, 6.07) is 10.1. The highest BCUT2D eigenvalue weighted by atomic mass is 16.2. The second kappa shape index (κ2) is 7.77. The van der Waals surface area contributed by atoms with E-state index in [0.717, 1.165) is 6.42 Å². The van der Waals surface area contributed by atoms with Crippen LogP contribution in [0.5, 0.6) is 0 Å². The average molecular weight is 326 g/mol. The molecule has 0 saturated carbocycles. The zero-order valence-electron chi connectivity index (χ0n) is 13.6. The fourth-order valence-electron chi connectivity index (χ4n) is 2.94. The Balaban J connectivity index is 1.42. The lowest BCUT2D eigenvalue weighted by atomic mass is 10.1. The summed E-state index contributed by atoms with van der Waals surface area (Å²) < 4.78 is 1.91. The summed E-state index contributed by atoms with van der Waals surface area (Å²) in [5.74, 6) is -0.206. The van der Waals surface area contributed by atoms with Crippen molar-refractivity contribution < 1.29 is 9.59 Å². The van der Waals surface area contributed by atoms with Crippen molar-refractivity contribution >= 4 is 11.8 Å². The molecule has 1 unspecified atom stereocenters. The maximum absolute atomic E-state index is 12.2. The summed E-state index contributed by atoms with van der Waals surface area (Å²) in [7, 11) is 0. The number of nitrogens with one attached hydrogen (secondary N) is 1. The van der Waals surface area contributed by atoms with E-state index in [1.807, 2.05) is 29.0 Å². The van der Waals surface area contributed by atoms with Gasteiger partial charge in [-0.2, -0.15) is 0 Å². The van der Waals surface area contributed by atoms with Crippen LogP contribution in [-0.4, -0.2) is 45.9 Å². The third-order valence-electron chi connectivity index (χ3n) is 4.33. The summed E-state index contributed by atoms with van der Waals surface area (Å²) in [6.45, 7) is 2.41. The molecule has 1 fully saturated rings. The van der Waals surface area contributed by atoms with Crippen LogP contribution in [0.2, 0.25) is 0 Å². The van der Waals surface area contributed by atoms with E-state index in [9.17, 15) is 9.59 Å². The van der Waals surface area contributed by atoms with Crippen molar-refractivity contribution in [2.45, 2.75) is 19.4 Å². The van der Waals surface area contributed by atoms with E-state index < -0.39 is 0 Å². The van der Waals surface area contributed by atoms with Crippen LogP contribution < -0.4 is 5.32 Å². The molecule has 1 atom stereocenters. The minimum absolute atomic E-state index is 0.0364. The summed E-state index contributed by atoms with van der Waals surface area (Å²) in [5.41, 5.74) is 1.21. The number of benzene rings is 1. The number of carbonyl (C=O) groups is 2. The Bertz CT molecular complexity index is 670.